The van der Waals surface area contributed by atoms with Crippen LogP contribution in [0.4, 0.5) is 5.82 Å². The van der Waals surface area contributed by atoms with Gasteiger partial charge in [0.1, 0.15) is 17.8 Å². The number of aromatic nitrogens is 3. The van der Waals surface area contributed by atoms with Crippen molar-refractivity contribution in [2.45, 2.75) is 38.5 Å². The number of rotatable bonds is 3. The summed E-state index contributed by atoms with van der Waals surface area (Å²) in [4.78, 5) is 29.0. The third kappa shape index (κ3) is 2.77. The van der Waals surface area contributed by atoms with Gasteiger partial charge in [0.25, 0.3) is 0 Å². The Balaban J connectivity index is 1.40. The molecule has 0 bridgehead atoms. The van der Waals surface area contributed by atoms with Gasteiger partial charge in [-0.3, -0.25) is 4.79 Å². The first-order valence-corrected chi connectivity index (χ1v) is 9.53. The Morgan fingerprint density at radius 3 is 3.04 bits per heavy atom. The molecule has 0 aromatic carbocycles. The maximum absolute atomic E-state index is 12.4. The fourth-order valence-corrected chi connectivity index (χ4v) is 4.71. The number of fused-ring (bicyclic) bond motifs is 1. The van der Waals surface area contributed by atoms with Crippen LogP contribution < -0.4 is 4.90 Å². The number of carbonyl (C=O) groups excluding carboxylic acids is 1. The van der Waals surface area contributed by atoms with Crippen molar-refractivity contribution in [3.05, 3.63) is 18.6 Å². The Kier molecular flexibility index (Phi) is 3.47. The van der Waals surface area contributed by atoms with Gasteiger partial charge < -0.3 is 14.8 Å². The van der Waals surface area contributed by atoms with Crippen LogP contribution in [0.5, 0.6) is 0 Å². The molecule has 2 aromatic heterocycles. The third-order valence-corrected chi connectivity index (χ3v) is 6.22. The maximum atomic E-state index is 12.4. The van der Waals surface area contributed by atoms with Gasteiger partial charge in [0.05, 0.1) is 5.39 Å². The van der Waals surface area contributed by atoms with Gasteiger partial charge >= 0.3 is 0 Å². The Bertz CT molecular complexity index is 798. The van der Waals surface area contributed by atoms with Crippen LogP contribution in [-0.2, 0) is 4.79 Å². The number of nitrogens with one attached hydrogen (secondary N) is 1. The van der Waals surface area contributed by atoms with Crippen molar-refractivity contribution < 1.29 is 4.79 Å². The largest absolute Gasteiger partial charge is 0.355 e. The molecule has 1 unspecified atom stereocenters. The molecule has 6 nitrogen and oxygen atoms in total. The Morgan fingerprint density at radius 2 is 2.16 bits per heavy atom. The van der Waals surface area contributed by atoms with Gasteiger partial charge in [-0.1, -0.05) is 0 Å². The molecule has 4 heterocycles. The minimum Gasteiger partial charge on any atom is -0.355 e. The van der Waals surface area contributed by atoms with E-state index < -0.39 is 0 Å². The molecule has 6 heteroatoms. The van der Waals surface area contributed by atoms with Gasteiger partial charge in [0, 0.05) is 44.2 Å². The summed E-state index contributed by atoms with van der Waals surface area (Å²) in [7, 11) is 0. The standard InChI is InChI=1S/C19H25N5O/c25-16-4-7-19(12-24(16)10-14-2-3-14)6-1-9-23(11-19)18-15-5-8-20-17(15)21-13-22-18/h5,8,13-14H,1-4,6-7,9-12H2,(H,20,21,22). The number of likely N-dealkylation sites (tertiary alicyclic amines) is 1. The van der Waals surface area contributed by atoms with E-state index in [9.17, 15) is 4.79 Å². The second-order valence-electron chi connectivity index (χ2n) is 8.18. The van der Waals surface area contributed by atoms with Gasteiger partial charge in [0.2, 0.25) is 5.91 Å². The summed E-state index contributed by atoms with van der Waals surface area (Å²) in [5, 5.41) is 1.10. The second-order valence-corrected chi connectivity index (χ2v) is 8.18. The lowest BCUT2D eigenvalue weighted by Gasteiger charge is -2.48. The van der Waals surface area contributed by atoms with Crippen LogP contribution in [0.3, 0.4) is 0 Å². The monoisotopic (exact) mass is 339 g/mol. The predicted octanol–water partition coefficient (Wildman–Crippen LogP) is 2.58. The zero-order valence-corrected chi connectivity index (χ0v) is 14.6. The Morgan fingerprint density at radius 1 is 1.24 bits per heavy atom. The number of aromatic amines is 1. The molecule has 1 atom stereocenters. The minimum atomic E-state index is 0.231. The lowest BCUT2D eigenvalue weighted by atomic mass is 9.73. The highest BCUT2D eigenvalue weighted by Gasteiger charge is 2.43. The smallest absolute Gasteiger partial charge is 0.222 e. The molecule has 1 N–H and O–H groups in total. The zero-order valence-electron chi connectivity index (χ0n) is 14.6. The molecule has 1 saturated carbocycles. The van der Waals surface area contributed by atoms with Crippen molar-refractivity contribution in [3.8, 4) is 0 Å². The van der Waals surface area contributed by atoms with Gasteiger partial charge in [-0.05, 0) is 44.1 Å². The lowest BCUT2D eigenvalue weighted by Crippen LogP contribution is -2.54. The highest BCUT2D eigenvalue weighted by atomic mass is 16.2. The van der Waals surface area contributed by atoms with E-state index in [0.717, 1.165) is 55.4 Å². The molecule has 1 aliphatic carbocycles. The molecule has 3 fully saturated rings. The van der Waals surface area contributed by atoms with Gasteiger partial charge in [-0.25, -0.2) is 9.97 Å². The number of amides is 1. The molecule has 2 saturated heterocycles. The average molecular weight is 339 g/mol. The summed E-state index contributed by atoms with van der Waals surface area (Å²) in [5.41, 5.74) is 1.13. The van der Waals surface area contributed by atoms with Crippen LogP contribution in [0, 0.1) is 11.3 Å². The average Bonchev–Trinajstić information content (AvgIpc) is 3.31. The minimum absolute atomic E-state index is 0.231. The lowest BCUT2D eigenvalue weighted by molar-refractivity contribution is -0.138. The summed E-state index contributed by atoms with van der Waals surface area (Å²) >= 11 is 0. The zero-order chi connectivity index (χ0) is 16.9. The number of anilines is 1. The summed E-state index contributed by atoms with van der Waals surface area (Å²) < 4.78 is 0. The van der Waals surface area contributed by atoms with Crippen LogP contribution in [0.25, 0.3) is 11.0 Å². The number of hydrogen-bond acceptors (Lipinski definition) is 4. The number of piperidine rings is 2. The molecular weight excluding hydrogens is 314 g/mol. The Labute approximate surface area is 147 Å². The van der Waals surface area contributed by atoms with Crippen LogP contribution >= 0.6 is 0 Å². The SMILES string of the molecule is O=C1CCC2(CCCN(c3ncnc4[nH]ccc34)C2)CN1CC1CC1. The molecular formula is C19H25N5O. The highest BCUT2D eigenvalue weighted by molar-refractivity contribution is 5.87. The third-order valence-electron chi connectivity index (χ3n) is 6.22. The van der Waals surface area contributed by atoms with Crippen molar-refractivity contribution >= 4 is 22.8 Å². The number of hydrogen-bond donors (Lipinski definition) is 1. The van der Waals surface area contributed by atoms with E-state index in [1.165, 1.54) is 25.7 Å². The fourth-order valence-electron chi connectivity index (χ4n) is 4.71. The molecule has 25 heavy (non-hydrogen) atoms. The number of nitrogens with zero attached hydrogens (tertiary/aromatic N) is 4. The predicted molar refractivity (Wildman–Crippen MR) is 96.3 cm³/mol. The molecule has 2 aromatic rings. The summed E-state index contributed by atoms with van der Waals surface area (Å²) in [6.07, 6.45) is 10.3. The number of carbonyl (C=O) groups is 1. The molecule has 2 aliphatic heterocycles. The number of H-pyrrole nitrogens is 1. The summed E-state index contributed by atoms with van der Waals surface area (Å²) in [6.45, 7) is 3.95. The van der Waals surface area contributed by atoms with Crippen LogP contribution in [0.2, 0.25) is 0 Å². The van der Waals surface area contributed by atoms with Gasteiger partial charge in [-0.15, -0.1) is 0 Å². The Hall–Kier alpha value is -2.11. The van der Waals surface area contributed by atoms with Crippen molar-refractivity contribution in [2.24, 2.45) is 11.3 Å². The second kappa shape index (κ2) is 5.71. The van der Waals surface area contributed by atoms with Gasteiger partial charge in [0.15, 0.2) is 0 Å². The van der Waals surface area contributed by atoms with E-state index in [2.05, 4.69) is 30.8 Å². The van der Waals surface area contributed by atoms with Crippen molar-refractivity contribution in [1.82, 2.24) is 19.9 Å². The van der Waals surface area contributed by atoms with E-state index >= 15 is 0 Å². The maximum Gasteiger partial charge on any atom is 0.222 e. The first-order valence-electron chi connectivity index (χ1n) is 9.53. The van der Waals surface area contributed by atoms with Crippen LogP contribution in [0.15, 0.2) is 18.6 Å². The molecule has 1 spiro atoms. The van der Waals surface area contributed by atoms with E-state index in [0.29, 0.717) is 12.3 Å². The molecule has 132 valence electrons. The van der Waals surface area contributed by atoms with E-state index in [-0.39, 0.29) is 5.41 Å². The van der Waals surface area contributed by atoms with Crippen molar-refractivity contribution in [2.75, 3.05) is 31.1 Å². The molecule has 1 amide bonds. The van der Waals surface area contributed by atoms with Crippen LogP contribution in [-0.4, -0.2) is 51.9 Å². The normalized spacial score (nSPS) is 27.4. The summed E-state index contributed by atoms with van der Waals surface area (Å²) in [6, 6.07) is 2.07. The van der Waals surface area contributed by atoms with Gasteiger partial charge in [-0.2, -0.15) is 0 Å². The van der Waals surface area contributed by atoms with Crippen LogP contribution in [0.1, 0.15) is 38.5 Å². The quantitative estimate of drug-likeness (QED) is 0.933. The first kappa shape index (κ1) is 15.2. The molecule has 0 radical (unpaired) electrons. The molecule has 5 rings (SSSR count). The van der Waals surface area contributed by atoms with Crippen molar-refractivity contribution in [1.29, 1.82) is 0 Å². The van der Waals surface area contributed by atoms with E-state index in [1.54, 1.807) is 6.33 Å². The van der Waals surface area contributed by atoms with E-state index in [4.69, 9.17) is 0 Å². The first-order chi connectivity index (χ1) is 12.2. The topological polar surface area (TPSA) is 65.1 Å². The van der Waals surface area contributed by atoms with Crippen molar-refractivity contribution in [3.63, 3.8) is 0 Å². The fraction of sp³-hybridized carbons (Fsp3) is 0.632. The highest BCUT2D eigenvalue weighted by Crippen LogP contribution is 2.42. The van der Waals surface area contributed by atoms with E-state index in [1.807, 2.05) is 6.20 Å². The molecule has 3 aliphatic rings. The summed E-state index contributed by atoms with van der Waals surface area (Å²) in [5.74, 6) is 2.17.